The average molecular weight is 251 g/mol. The van der Waals surface area contributed by atoms with E-state index in [1.807, 2.05) is 13.0 Å². The lowest BCUT2D eigenvalue weighted by Gasteiger charge is -2.23. The van der Waals surface area contributed by atoms with Crippen molar-refractivity contribution < 1.29 is 0 Å². The molecule has 0 spiro atoms. The second-order valence-electron chi connectivity index (χ2n) is 4.90. The van der Waals surface area contributed by atoms with Gasteiger partial charge in [-0.15, -0.1) is 6.58 Å². The lowest BCUT2D eigenvalue weighted by Crippen LogP contribution is -2.28. The van der Waals surface area contributed by atoms with Crippen molar-refractivity contribution in [2.45, 2.75) is 38.0 Å². The minimum atomic E-state index is 0.374. The van der Waals surface area contributed by atoms with Crippen molar-refractivity contribution in [3.05, 3.63) is 24.5 Å². The van der Waals surface area contributed by atoms with Gasteiger partial charge in [-0.1, -0.05) is 6.08 Å². The number of thioether (sulfide) groups is 1. The second-order valence-corrected chi connectivity index (χ2v) is 6.58. The molecule has 1 unspecified atom stereocenters. The molecule has 0 radical (unpaired) electrons. The van der Waals surface area contributed by atoms with Gasteiger partial charge in [-0.2, -0.15) is 11.8 Å². The zero-order valence-electron chi connectivity index (χ0n) is 10.7. The van der Waals surface area contributed by atoms with Gasteiger partial charge < -0.3 is 9.88 Å². The van der Waals surface area contributed by atoms with Crippen LogP contribution in [-0.2, 0) is 6.54 Å². The van der Waals surface area contributed by atoms with E-state index in [1.165, 1.54) is 18.6 Å². The Labute approximate surface area is 108 Å². The highest BCUT2D eigenvalue weighted by Gasteiger charge is 2.29. The van der Waals surface area contributed by atoms with Crippen molar-refractivity contribution in [2.75, 3.05) is 17.6 Å². The van der Waals surface area contributed by atoms with Crippen molar-refractivity contribution >= 4 is 17.7 Å². The molecule has 1 N–H and O–H groups in total. The van der Waals surface area contributed by atoms with Gasteiger partial charge in [0.25, 0.3) is 0 Å². The van der Waals surface area contributed by atoms with Crippen LogP contribution in [0, 0.1) is 6.92 Å². The summed E-state index contributed by atoms with van der Waals surface area (Å²) in [6, 6.07) is 0. The third-order valence-corrected chi connectivity index (χ3v) is 4.68. The summed E-state index contributed by atoms with van der Waals surface area (Å²) in [4.78, 5) is 4.52. The van der Waals surface area contributed by atoms with Crippen molar-refractivity contribution in [3.63, 3.8) is 0 Å². The number of aryl methyl sites for hydroxylation is 1. The topological polar surface area (TPSA) is 29.9 Å². The highest BCUT2D eigenvalue weighted by molar-refractivity contribution is 8.00. The standard InChI is InChI=1S/C13H21N3S/c1-4-7-16-9-11(2)15-12(16)14-10-13(3)6-5-8-17-13/h4,9H,1,5-8,10H2,2-3H3,(H,14,15). The second kappa shape index (κ2) is 5.17. The maximum atomic E-state index is 4.52. The highest BCUT2D eigenvalue weighted by Crippen LogP contribution is 2.37. The lowest BCUT2D eigenvalue weighted by molar-refractivity contribution is 0.629. The van der Waals surface area contributed by atoms with Crippen LogP contribution >= 0.6 is 11.8 Å². The van der Waals surface area contributed by atoms with Gasteiger partial charge >= 0.3 is 0 Å². The van der Waals surface area contributed by atoms with Crippen molar-refractivity contribution in [1.82, 2.24) is 9.55 Å². The van der Waals surface area contributed by atoms with E-state index in [-0.39, 0.29) is 0 Å². The molecule has 0 aromatic carbocycles. The molecule has 1 atom stereocenters. The van der Waals surface area contributed by atoms with Crippen LogP contribution in [0.2, 0.25) is 0 Å². The van der Waals surface area contributed by atoms with Crippen LogP contribution in [0.25, 0.3) is 0 Å². The van der Waals surface area contributed by atoms with Crippen LogP contribution in [0.4, 0.5) is 5.95 Å². The van der Waals surface area contributed by atoms with Gasteiger partial charge in [0.05, 0.1) is 5.69 Å². The Morgan fingerprint density at radius 2 is 2.53 bits per heavy atom. The molecular formula is C13H21N3S. The van der Waals surface area contributed by atoms with E-state index < -0.39 is 0 Å². The van der Waals surface area contributed by atoms with E-state index >= 15 is 0 Å². The largest absolute Gasteiger partial charge is 0.354 e. The zero-order valence-corrected chi connectivity index (χ0v) is 11.5. The van der Waals surface area contributed by atoms with Gasteiger partial charge in [0.2, 0.25) is 5.95 Å². The molecule has 0 saturated carbocycles. The maximum absolute atomic E-state index is 4.52. The molecule has 3 nitrogen and oxygen atoms in total. The molecule has 1 fully saturated rings. The molecule has 94 valence electrons. The molecule has 1 aliphatic rings. The van der Waals surface area contributed by atoms with E-state index in [0.29, 0.717) is 4.75 Å². The third-order valence-electron chi connectivity index (χ3n) is 3.14. The SMILES string of the molecule is C=CCn1cc(C)nc1NCC1(C)CCCS1. The van der Waals surface area contributed by atoms with Gasteiger partial charge in [0.1, 0.15) is 0 Å². The van der Waals surface area contributed by atoms with E-state index in [0.717, 1.165) is 24.7 Å². The molecule has 2 rings (SSSR count). The van der Waals surface area contributed by atoms with Crippen LogP contribution in [0.3, 0.4) is 0 Å². The molecule has 1 aromatic rings. The fraction of sp³-hybridized carbons (Fsp3) is 0.615. The number of rotatable bonds is 5. The van der Waals surface area contributed by atoms with Gasteiger partial charge in [-0.3, -0.25) is 0 Å². The number of hydrogen-bond acceptors (Lipinski definition) is 3. The first kappa shape index (κ1) is 12.6. The molecule has 1 saturated heterocycles. The highest BCUT2D eigenvalue weighted by atomic mass is 32.2. The van der Waals surface area contributed by atoms with Crippen LogP contribution in [0.15, 0.2) is 18.9 Å². The summed E-state index contributed by atoms with van der Waals surface area (Å²) in [7, 11) is 0. The van der Waals surface area contributed by atoms with E-state index in [1.54, 1.807) is 0 Å². The number of allylic oxidation sites excluding steroid dienone is 1. The quantitative estimate of drug-likeness (QED) is 0.816. The summed E-state index contributed by atoms with van der Waals surface area (Å²) < 4.78 is 2.49. The fourth-order valence-electron chi connectivity index (χ4n) is 2.21. The Bertz CT molecular complexity index is 391. The average Bonchev–Trinajstić information content (AvgIpc) is 2.84. The molecule has 0 aliphatic carbocycles. The van der Waals surface area contributed by atoms with Crippen LogP contribution < -0.4 is 5.32 Å². The van der Waals surface area contributed by atoms with Crippen LogP contribution in [0.5, 0.6) is 0 Å². The maximum Gasteiger partial charge on any atom is 0.203 e. The van der Waals surface area contributed by atoms with Gasteiger partial charge in [0, 0.05) is 24.0 Å². The Kier molecular flexibility index (Phi) is 3.82. The Morgan fingerprint density at radius 1 is 1.71 bits per heavy atom. The monoisotopic (exact) mass is 251 g/mol. The predicted molar refractivity (Wildman–Crippen MR) is 75.7 cm³/mol. The molecule has 17 heavy (non-hydrogen) atoms. The number of nitrogens with one attached hydrogen (secondary N) is 1. The van der Waals surface area contributed by atoms with Crippen LogP contribution in [-0.4, -0.2) is 26.6 Å². The van der Waals surface area contributed by atoms with Crippen molar-refractivity contribution in [1.29, 1.82) is 0 Å². The Balaban J connectivity index is 2.00. The number of aromatic nitrogens is 2. The summed E-state index contributed by atoms with van der Waals surface area (Å²) in [6.07, 6.45) is 6.60. The zero-order chi connectivity index (χ0) is 12.3. The number of anilines is 1. The summed E-state index contributed by atoms with van der Waals surface area (Å²) in [5.74, 6) is 2.26. The molecule has 0 bridgehead atoms. The Morgan fingerprint density at radius 3 is 3.18 bits per heavy atom. The first-order valence-corrected chi connectivity index (χ1v) is 7.14. The van der Waals surface area contributed by atoms with Crippen molar-refractivity contribution in [3.8, 4) is 0 Å². The molecule has 0 amide bonds. The van der Waals surface area contributed by atoms with Crippen molar-refractivity contribution in [2.24, 2.45) is 0 Å². The number of imidazole rings is 1. The van der Waals surface area contributed by atoms with Gasteiger partial charge in [-0.05, 0) is 32.4 Å². The summed E-state index contributed by atoms with van der Waals surface area (Å²) in [5.41, 5.74) is 1.05. The van der Waals surface area contributed by atoms with E-state index in [9.17, 15) is 0 Å². The number of nitrogens with zero attached hydrogens (tertiary/aromatic N) is 2. The van der Waals surface area contributed by atoms with E-state index in [2.05, 4.69) is 46.3 Å². The molecular weight excluding hydrogens is 230 g/mol. The Hall–Kier alpha value is -0.900. The minimum Gasteiger partial charge on any atom is -0.354 e. The van der Waals surface area contributed by atoms with Gasteiger partial charge in [0.15, 0.2) is 0 Å². The normalized spacial score (nSPS) is 23.9. The summed E-state index contributed by atoms with van der Waals surface area (Å²) >= 11 is 2.07. The summed E-state index contributed by atoms with van der Waals surface area (Å²) in [5, 5.41) is 3.48. The minimum absolute atomic E-state index is 0.374. The molecule has 2 heterocycles. The van der Waals surface area contributed by atoms with Crippen LogP contribution in [0.1, 0.15) is 25.5 Å². The van der Waals surface area contributed by atoms with Gasteiger partial charge in [-0.25, -0.2) is 4.98 Å². The van der Waals surface area contributed by atoms with E-state index in [4.69, 9.17) is 0 Å². The molecule has 4 heteroatoms. The lowest BCUT2D eigenvalue weighted by atomic mass is 10.1. The molecule has 1 aromatic heterocycles. The fourth-order valence-corrected chi connectivity index (χ4v) is 3.45. The summed E-state index contributed by atoms with van der Waals surface area (Å²) in [6.45, 7) is 9.94. The number of hydrogen-bond donors (Lipinski definition) is 1. The predicted octanol–water partition coefficient (Wildman–Crippen LogP) is 3.08. The first-order chi connectivity index (χ1) is 8.13. The first-order valence-electron chi connectivity index (χ1n) is 6.15. The smallest absolute Gasteiger partial charge is 0.203 e. The molecule has 1 aliphatic heterocycles. The third kappa shape index (κ3) is 3.06.